The molecule has 1 heterocycles. The van der Waals surface area contributed by atoms with Crippen molar-refractivity contribution in [3.05, 3.63) is 70.8 Å². The Labute approximate surface area is 156 Å². The van der Waals surface area contributed by atoms with Crippen molar-refractivity contribution in [2.75, 3.05) is 20.5 Å². The van der Waals surface area contributed by atoms with Crippen LogP contribution >= 0.6 is 0 Å². The van der Waals surface area contributed by atoms with E-state index in [1.165, 1.54) is 0 Å². The third-order valence-corrected chi connectivity index (χ3v) is 4.08. The SMILES string of the molecule is [2H]C([2H])([2H])N(CCC=C1c2ccccc2COc2ccc(CC(=O)O)cc21)C([2H])([2H])[2H]. The van der Waals surface area contributed by atoms with Gasteiger partial charge in [-0.2, -0.15) is 0 Å². The van der Waals surface area contributed by atoms with Crippen molar-refractivity contribution in [1.82, 2.24) is 4.90 Å². The second-order valence-corrected chi connectivity index (χ2v) is 5.90. The van der Waals surface area contributed by atoms with E-state index in [4.69, 9.17) is 18.1 Å². The first-order valence-corrected chi connectivity index (χ1v) is 8.01. The summed E-state index contributed by atoms with van der Waals surface area (Å²) in [7, 11) is 0. The molecule has 2 aromatic carbocycles. The maximum absolute atomic E-state index is 11.2. The highest BCUT2D eigenvalue weighted by Gasteiger charge is 2.19. The van der Waals surface area contributed by atoms with Crippen molar-refractivity contribution in [3.63, 3.8) is 0 Å². The zero-order valence-electron chi connectivity index (χ0n) is 19.7. The van der Waals surface area contributed by atoms with Crippen LogP contribution in [0, 0.1) is 0 Å². The van der Waals surface area contributed by atoms with Gasteiger partial charge in [-0.05, 0) is 54.8 Å². The van der Waals surface area contributed by atoms with E-state index in [2.05, 4.69) is 0 Å². The van der Waals surface area contributed by atoms with E-state index < -0.39 is 19.9 Å². The summed E-state index contributed by atoms with van der Waals surface area (Å²) in [6, 6.07) is 12.8. The summed E-state index contributed by atoms with van der Waals surface area (Å²) in [6.45, 7) is -5.36. The monoisotopic (exact) mass is 343 g/mol. The van der Waals surface area contributed by atoms with Gasteiger partial charge in [0.25, 0.3) is 0 Å². The Morgan fingerprint density at radius 1 is 1.28 bits per heavy atom. The van der Waals surface area contributed by atoms with Gasteiger partial charge in [0.1, 0.15) is 12.4 Å². The van der Waals surface area contributed by atoms with E-state index in [-0.39, 0.29) is 19.4 Å². The van der Waals surface area contributed by atoms with Crippen molar-refractivity contribution in [2.24, 2.45) is 0 Å². The van der Waals surface area contributed by atoms with Crippen molar-refractivity contribution < 1.29 is 22.9 Å². The minimum atomic E-state index is -2.75. The van der Waals surface area contributed by atoms with Crippen molar-refractivity contribution in [2.45, 2.75) is 19.4 Å². The molecular formula is C21H23NO3. The van der Waals surface area contributed by atoms with Crippen LogP contribution in [0.2, 0.25) is 0 Å². The molecule has 0 aromatic heterocycles. The Hall–Kier alpha value is -2.59. The Bertz CT molecular complexity index is 983. The molecule has 1 aliphatic rings. The van der Waals surface area contributed by atoms with Crippen molar-refractivity contribution >= 4 is 11.5 Å². The molecule has 0 fully saturated rings. The van der Waals surface area contributed by atoms with E-state index >= 15 is 0 Å². The number of carboxylic acids is 1. The number of rotatable bonds is 5. The van der Waals surface area contributed by atoms with Crippen LogP contribution in [0.5, 0.6) is 5.75 Å². The van der Waals surface area contributed by atoms with Gasteiger partial charge < -0.3 is 14.7 Å². The number of carboxylic acid groups (broad SMARTS) is 1. The lowest BCUT2D eigenvalue weighted by Crippen LogP contribution is -2.12. The largest absolute Gasteiger partial charge is 0.488 e. The third kappa shape index (κ3) is 4.09. The minimum absolute atomic E-state index is 0.145. The maximum atomic E-state index is 11.2. The minimum Gasteiger partial charge on any atom is -0.488 e. The number of hydrogen-bond acceptors (Lipinski definition) is 3. The second-order valence-electron chi connectivity index (χ2n) is 5.90. The molecule has 3 rings (SSSR count). The van der Waals surface area contributed by atoms with Crippen LogP contribution in [0.25, 0.3) is 5.57 Å². The molecule has 1 aliphatic heterocycles. The molecule has 0 aliphatic carbocycles. The van der Waals surface area contributed by atoms with Crippen LogP contribution in [0.3, 0.4) is 0 Å². The first-order valence-electron chi connectivity index (χ1n) is 11.0. The van der Waals surface area contributed by atoms with Gasteiger partial charge in [0.05, 0.1) is 6.42 Å². The van der Waals surface area contributed by atoms with Gasteiger partial charge in [-0.3, -0.25) is 4.79 Å². The fourth-order valence-electron chi connectivity index (χ4n) is 2.97. The van der Waals surface area contributed by atoms with Crippen molar-refractivity contribution in [1.29, 1.82) is 0 Å². The lowest BCUT2D eigenvalue weighted by Gasteiger charge is -2.13. The van der Waals surface area contributed by atoms with Gasteiger partial charge in [0, 0.05) is 20.3 Å². The highest BCUT2D eigenvalue weighted by molar-refractivity contribution is 5.85. The molecule has 0 spiro atoms. The number of benzene rings is 2. The standard InChI is InChI=1S/C21H23NO3/c1-22(2)11-5-8-18-17-7-4-3-6-16(17)14-25-20-10-9-15(12-19(18)20)13-21(23)24/h3-4,6-10,12H,5,11,13-14H2,1-2H3,(H,23,24)/i1D3,2D3. The zero-order valence-corrected chi connectivity index (χ0v) is 13.7. The van der Waals surface area contributed by atoms with Gasteiger partial charge in [0.15, 0.2) is 0 Å². The number of carbonyl (C=O) groups is 1. The average molecular weight is 343 g/mol. The van der Waals surface area contributed by atoms with Gasteiger partial charge in [-0.1, -0.05) is 36.4 Å². The van der Waals surface area contributed by atoms with E-state index in [0.29, 0.717) is 28.4 Å². The molecule has 0 radical (unpaired) electrons. The Morgan fingerprint density at radius 3 is 2.92 bits per heavy atom. The Balaban J connectivity index is 2.02. The second kappa shape index (κ2) is 7.53. The number of aliphatic carboxylic acids is 1. The average Bonchev–Trinajstić information content (AvgIpc) is 2.79. The predicted molar refractivity (Wildman–Crippen MR) is 98.8 cm³/mol. The van der Waals surface area contributed by atoms with Crippen LogP contribution in [0.15, 0.2) is 48.5 Å². The quantitative estimate of drug-likeness (QED) is 0.901. The van der Waals surface area contributed by atoms with Crippen LogP contribution < -0.4 is 4.74 Å². The molecule has 2 aromatic rings. The molecule has 0 amide bonds. The molecule has 0 saturated carbocycles. The molecule has 0 atom stereocenters. The number of hydrogen-bond donors (Lipinski definition) is 1. The van der Waals surface area contributed by atoms with Crippen LogP contribution in [-0.2, 0) is 17.8 Å². The summed E-state index contributed by atoms with van der Waals surface area (Å²) >= 11 is 0. The number of nitrogens with zero attached hydrogens (tertiary/aromatic N) is 1. The number of fused-ring (bicyclic) bond motifs is 2. The molecular weight excluding hydrogens is 314 g/mol. The van der Waals surface area contributed by atoms with Crippen LogP contribution in [-0.4, -0.2) is 36.5 Å². The lowest BCUT2D eigenvalue weighted by atomic mass is 9.92. The summed E-state index contributed by atoms with van der Waals surface area (Å²) in [5.74, 6) is -0.369. The molecule has 4 nitrogen and oxygen atoms in total. The normalized spacial score (nSPS) is 19.2. The van der Waals surface area contributed by atoms with E-state index in [1.54, 1.807) is 24.3 Å². The van der Waals surface area contributed by atoms with E-state index in [0.717, 1.165) is 16.7 Å². The molecule has 0 bridgehead atoms. The fourth-order valence-corrected chi connectivity index (χ4v) is 2.97. The first kappa shape index (κ1) is 11.1. The van der Waals surface area contributed by atoms with Gasteiger partial charge in [-0.25, -0.2) is 0 Å². The molecule has 0 saturated heterocycles. The Kier molecular flexibility index (Phi) is 3.35. The first-order chi connectivity index (χ1) is 14.5. The summed E-state index contributed by atoms with van der Waals surface area (Å²) in [4.78, 5) is 11.7. The molecule has 0 unspecified atom stereocenters. The predicted octanol–water partition coefficient (Wildman–Crippen LogP) is 3.59. The highest BCUT2D eigenvalue weighted by atomic mass is 16.5. The van der Waals surface area contributed by atoms with Crippen LogP contribution in [0.4, 0.5) is 0 Å². The van der Waals surface area contributed by atoms with Gasteiger partial charge in [-0.15, -0.1) is 0 Å². The van der Waals surface area contributed by atoms with Crippen molar-refractivity contribution in [3.8, 4) is 5.75 Å². The molecule has 130 valence electrons. The molecule has 25 heavy (non-hydrogen) atoms. The summed E-state index contributed by atoms with van der Waals surface area (Å²) in [6.07, 6.45) is 1.82. The third-order valence-electron chi connectivity index (χ3n) is 4.08. The Morgan fingerprint density at radius 2 is 2.12 bits per heavy atom. The lowest BCUT2D eigenvalue weighted by molar-refractivity contribution is -0.136. The summed E-state index contributed by atoms with van der Waals surface area (Å²) < 4.78 is 51.1. The zero-order chi connectivity index (χ0) is 22.8. The summed E-state index contributed by atoms with van der Waals surface area (Å²) in [5, 5.41) is 9.15. The van der Waals surface area contributed by atoms with E-state index in [1.807, 2.05) is 24.3 Å². The topological polar surface area (TPSA) is 49.8 Å². The maximum Gasteiger partial charge on any atom is 0.307 e. The van der Waals surface area contributed by atoms with E-state index in [9.17, 15) is 4.79 Å². The summed E-state index contributed by atoms with van der Waals surface area (Å²) in [5.41, 5.74) is 3.85. The van der Waals surface area contributed by atoms with Gasteiger partial charge in [0.2, 0.25) is 0 Å². The van der Waals surface area contributed by atoms with Gasteiger partial charge >= 0.3 is 5.97 Å². The molecule has 4 heteroatoms. The highest BCUT2D eigenvalue weighted by Crippen LogP contribution is 2.37. The smallest absolute Gasteiger partial charge is 0.307 e. The molecule has 1 N–H and O–H groups in total. The number of ether oxygens (including phenoxy) is 1. The van der Waals surface area contributed by atoms with Crippen LogP contribution in [0.1, 0.15) is 36.9 Å². The fraction of sp³-hybridized carbons (Fsp3) is 0.286.